The van der Waals surface area contributed by atoms with Gasteiger partial charge in [0.1, 0.15) is 5.75 Å². The molecule has 0 aliphatic carbocycles. The predicted octanol–water partition coefficient (Wildman–Crippen LogP) is 3.26. The fourth-order valence-electron chi connectivity index (χ4n) is 2.44. The summed E-state index contributed by atoms with van der Waals surface area (Å²) in [6.07, 6.45) is 0. The second-order valence-electron chi connectivity index (χ2n) is 5.66. The van der Waals surface area contributed by atoms with Crippen molar-refractivity contribution in [2.75, 3.05) is 30.9 Å². The smallest absolute Gasteiger partial charge is 0.330 e. The van der Waals surface area contributed by atoms with Crippen molar-refractivity contribution in [3.05, 3.63) is 53.6 Å². The van der Waals surface area contributed by atoms with Crippen molar-refractivity contribution in [2.24, 2.45) is 0 Å². The maximum Gasteiger partial charge on any atom is 0.330 e. The monoisotopic (exact) mass is 339 g/mol. The third-order valence-electron chi connectivity index (χ3n) is 3.67. The van der Waals surface area contributed by atoms with Crippen LogP contribution in [0.4, 0.5) is 11.4 Å². The number of nitrogens with zero attached hydrogens (tertiary/aromatic N) is 2. The Bertz CT molecular complexity index is 779. The molecule has 0 aliphatic heterocycles. The molecule has 0 heterocycles. The van der Waals surface area contributed by atoms with Crippen LogP contribution < -0.4 is 15.0 Å². The van der Waals surface area contributed by atoms with Gasteiger partial charge in [0.25, 0.3) is 0 Å². The van der Waals surface area contributed by atoms with E-state index in [0.717, 1.165) is 5.69 Å². The molecule has 2 N–H and O–H groups in total. The van der Waals surface area contributed by atoms with Gasteiger partial charge >= 0.3 is 5.97 Å². The first-order valence-electron chi connectivity index (χ1n) is 7.89. The lowest BCUT2D eigenvalue weighted by Gasteiger charge is -2.21. The van der Waals surface area contributed by atoms with E-state index in [9.17, 15) is 9.90 Å². The summed E-state index contributed by atoms with van der Waals surface area (Å²) in [6, 6.07) is 13.1. The number of benzene rings is 2. The summed E-state index contributed by atoms with van der Waals surface area (Å²) >= 11 is 0. The Morgan fingerprint density at radius 1 is 1.28 bits per heavy atom. The first-order chi connectivity index (χ1) is 12.0. The summed E-state index contributed by atoms with van der Waals surface area (Å²) in [5.41, 5.74) is 2.58. The van der Waals surface area contributed by atoms with Gasteiger partial charge in [0, 0.05) is 19.8 Å². The molecular weight excluding hydrogens is 318 g/mol. The number of nitrogens with one attached hydrogen (secondary N) is 1. The number of nitriles is 1. The van der Waals surface area contributed by atoms with Gasteiger partial charge in [-0.3, -0.25) is 0 Å². The number of hydrogen-bond acceptors (Lipinski definition) is 5. The molecule has 130 valence electrons. The number of carboxylic acid groups (broad SMARTS) is 1. The van der Waals surface area contributed by atoms with Gasteiger partial charge in [0.05, 0.1) is 23.9 Å². The summed E-state index contributed by atoms with van der Waals surface area (Å²) in [5, 5.41) is 21.5. The highest BCUT2D eigenvalue weighted by Gasteiger charge is 2.21. The van der Waals surface area contributed by atoms with Crippen LogP contribution in [0.5, 0.6) is 5.75 Å². The van der Waals surface area contributed by atoms with Crippen LogP contribution in [0.15, 0.2) is 42.5 Å². The van der Waals surface area contributed by atoms with E-state index in [2.05, 4.69) is 5.32 Å². The molecule has 2 aromatic carbocycles. The number of aliphatic carboxylic acids is 1. The van der Waals surface area contributed by atoms with Gasteiger partial charge in [0.2, 0.25) is 0 Å². The molecule has 2 rings (SSSR count). The quantitative estimate of drug-likeness (QED) is 0.805. The number of carbonyl (C=O) groups is 1. The minimum absolute atomic E-state index is 0.522. The molecule has 0 spiro atoms. The normalized spacial score (nSPS) is 11.3. The summed E-state index contributed by atoms with van der Waals surface area (Å²) in [5.74, 6) is -0.281. The van der Waals surface area contributed by atoms with Crippen LogP contribution >= 0.6 is 0 Å². The second-order valence-corrected chi connectivity index (χ2v) is 5.66. The Hall–Kier alpha value is -3.20. The third-order valence-corrected chi connectivity index (χ3v) is 3.67. The van der Waals surface area contributed by atoms with Gasteiger partial charge in [-0.15, -0.1) is 0 Å². The summed E-state index contributed by atoms with van der Waals surface area (Å²) in [7, 11) is 3.76. The van der Waals surface area contributed by atoms with E-state index in [4.69, 9.17) is 10.00 Å². The fourth-order valence-corrected chi connectivity index (χ4v) is 2.44. The molecular formula is C19H21N3O3. The Morgan fingerprint density at radius 2 is 1.96 bits per heavy atom. The van der Waals surface area contributed by atoms with E-state index in [1.807, 2.05) is 32.0 Å². The van der Waals surface area contributed by atoms with E-state index in [0.29, 0.717) is 29.2 Å². The number of rotatable bonds is 7. The number of anilines is 2. The lowest BCUT2D eigenvalue weighted by molar-refractivity contribution is -0.138. The fraction of sp³-hybridized carbons (Fsp3) is 0.263. The van der Waals surface area contributed by atoms with Gasteiger partial charge in [-0.2, -0.15) is 5.26 Å². The van der Waals surface area contributed by atoms with Gasteiger partial charge < -0.3 is 20.1 Å². The van der Waals surface area contributed by atoms with Gasteiger partial charge in [-0.25, -0.2) is 4.79 Å². The van der Waals surface area contributed by atoms with Crippen molar-refractivity contribution in [1.29, 1.82) is 5.26 Å². The maximum atomic E-state index is 11.8. The Balaban J connectivity index is 2.34. The van der Waals surface area contributed by atoms with Crippen molar-refractivity contribution in [3.8, 4) is 11.8 Å². The van der Waals surface area contributed by atoms with Crippen LogP contribution in [0.1, 0.15) is 24.1 Å². The molecule has 0 saturated carbocycles. The summed E-state index contributed by atoms with van der Waals surface area (Å²) < 4.78 is 5.60. The summed E-state index contributed by atoms with van der Waals surface area (Å²) in [6.45, 7) is 2.44. The molecule has 0 amide bonds. The lowest BCUT2D eigenvalue weighted by Crippen LogP contribution is -2.21. The van der Waals surface area contributed by atoms with E-state index in [1.54, 1.807) is 42.5 Å². The first kappa shape index (κ1) is 18.1. The molecule has 0 saturated heterocycles. The largest absolute Gasteiger partial charge is 0.492 e. The number of hydrogen-bond donors (Lipinski definition) is 2. The minimum atomic E-state index is -0.988. The van der Waals surface area contributed by atoms with Crippen LogP contribution in [-0.2, 0) is 4.79 Å². The predicted molar refractivity (Wildman–Crippen MR) is 97.1 cm³/mol. The molecule has 2 aromatic rings. The molecule has 0 bridgehead atoms. The average molecular weight is 339 g/mol. The van der Waals surface area contributed by atoms with Crippen LogP contribution in [0.2, 0.25) is 0 Å². The minimum Gasteiger partial charge on any atom is -0.492 e. The Kier molecular flexibility index (Phi) is 5.85. The summed E-state index contributed by atoms with van der Waals surface area (Å²) in [4.78, 5) is 13.6. The van der Waals surface area contributed by atoms with Gasteiger partial charge in [-0.1, -0.05) is 6.07 Å². The Morgan fingerprint density at radius 3 is 2.48 bits per heavy atom. The standard InChI is InChI=1S/C19H21N3O3/c1-4-25-17-10-7-14(11-16(17)22(2)3)18(19(23)24)21-15-8-5-13(12-20)6-9-15/h5-11,18,21H,4H2,1-3H3,(H,23,24). The van der Waals surface area contributed by atoms with Gasteiger partial charge in [-0.05, 0) is 48.9 Å². The van der Waals surface area contributed by atoms with E-state index >= 15 is 0 Å². The molecule has 25 heavy (non-hydrogen) atoms. The zero-order chi connectivity index (χ0) is 18.4. The van der Waals surface area contributed by atoms with Gasteiger partial charge in [0.15, 0.2) is 6.04 Å². The van der Waals surface area contributed by atoms with E-state index < -0.39 is 12.0 Å². The van der Waals surface area contributed by atoms with Crippen LogP contribution in [-0.4, -0.2) is 31.8 Å². The zero-order valence-corrected chi connectivity index (χ0v) is 14.5. The molecule has 0 aromatic heterocycles. The van der Waals surface area contributed by atoms with Crippen molar-refractivity contribution in [1.82, 2.24) is 0 Å². The topological polar surface area (TPSA) is 85.6 Å². The zero-order valence-electron chi connectivity index (χ0n) is 14.5. The lowest BCUT2D eigenvalue weighted by atomic mass is 10.0. The van der Waals surface area contributed by atoms with Crippen molar-refractivity contribution < 1.29 is 14.6 Å². The second kappa shape index (κ2) is 8.06. The molecule has 0 radical (unpaired) electrons. The molecule has 0 aliphatic rings. The molecule has 1 atom stereocenters. The van der Waals surface area contributed by atoms with Crippen molar-refractivity contribution >= 4 is 17.3 Å². The van der Waals surface area contributed by atoms with E-state index in [1.165, 1.54) is 0 Å². The SMILES string of the molecule is CCOc1ccc(C(Nc2ccc(C#N)cc2)C(=O)O)cc1N(C)C. The van der Waals surface area contributed by atoms with Crippen molar-refractivity contribution in [3.63, 3.8) is 0 Å². The van der Waals surface area contributed by atoms with E-state index in [-0.39, 0.29) is 0 Å². The van der Waals surface area contributed by atoms with Crippen LogP contribution in [0.3, 0.4) is 0 Å². The molecule has 0 fully saturated rings. The number of carboxylic acids is 1. The molecule has 6 heteroatoms. The molecule has 1 unspecified atom stereocenters. The highest BCUT2D eigenvalue weighted by atomic mass is 16.5. The average Bonchev–Trinajstić information content (AvgIpc) is 2.60. The third kappa shape index (κ3) is 4.42. The Labute approximate surface area is 147 Å². The number of ether oxygens (including phenoxy) is 1. The van der Waals surface area contributed by atoms with Crippen LogP contribution in [0, 0.1) is 11.3 Å². The molecule has 6 nitrogen and oxygen atoms in total. The van der Waals surface area contributed by atoms with Crippen LogP contribution in [0.25, 0.3) is 0 Å². The maximum absolute atomic E-state index is 11.8. The van der Waals surface area contributed by atoms with Crippen molar-refractivity contribution in [2.45, 2.75) is 13.0 Å². The highest BCUT2D eigenvalue weighted by molar-refractivity contribution is 5.80. The highest BCUT2D eigenvalue weighted by Crippen LogP contribution is 2.31. The first-order valence-corrected chi connectivity index (χ1v) is 7.89.